The number of thiocarbonyl (C=S) groups is 1. The summed E-state index contributed by atoms with van der Waals surface area (Å²) >= 11 is 6.87. The van der Waals surface area contributed by atoms with Crippen LogP contribution < -0.4 is 16.2 Å². The highest BCUT2D eigenvalue weighted by atomic mass is 32.1. The largest absolute Gasteiger partial charge is 0.461 e. The third-order valence-corrected chi connectivity index (χ3v) is 5.05. The first-order chi connectivity index (χ1) is 13.2. The number of thiophene rings is 1. The number of aryl methyl sites for hydroxylation is 1. The number of hydrogen-bond acceptors (Lipinski definition) is 4. The zero-order chi connectivity index (χ0) is 18.9. The lowest BCUT2D eigenvalue weighted by Gasteiger charge is -2.11. The zero-order valence-corrected chi connectivity index (χ0v) is 16.4. The van der Waals surface area contributed by atoms with Crippen LogP contribution in [-0.2, 0) is 17.6 Å². The van der Waals surface area contributed by atoms with Crippen LogP contribution in [0, 0.1) is 0 Å². The van der Waals surface area contributed by atoms with Crippen molar-refractivity contribution in [1.82, 2.24) is 16.2 Å². The summed E-state index contributed by atoms with van der Waals surface area (Å²) in [6, 6.07) is 17.8. The SMILES string of the molecule is O=C(CCc1ccc(-c2ccccc2)o1)NNC(=S)NCCc1cccs1. The van der Waals surface area contributed by atoms with Crippen molar-refractivity contribution in [3.05, 3.63) is 70.6 Å². The summed E-state index contributed by atoms with van der Waals surface area (Å²) in [6.45, 7) is 0.719. The average Bonchev–Trinajstić information content (AvgIpc) is 3.37. The Balaban J connectivity index is 1.33. The lowest BCUT2D eigenvalue weighted by molar-refractivity contribution is -0.121. The van der Waals surface area contributed by atoms with Gasteiger partial charge in [-0.2, -0.15) is 0 Å². The summed E-state index contributed by atoms with van der Waals surface area (Å²) in [5.41, 5.74) is 6.35. The zero-order valence-electron chi connectivity index (χ0n) is 14.7. The normalized spacial score (nSPS) is 10.4. The van der Waals surface area contributed by atoms with Gasteiger partial charge in [-0.15, -0.1) is 11.3 Å². The van der Waals surface area contributed by atoms with Gasteiger partial charge in [-0.05, 0) is 42.2 Å². The first-order valence-corrected chi connectivity index (χ1v) is 9.99. The van der Waals surface area contributed by atoms with Crippen LogP contribution in [0.15, 0.2) is 64.4 Å². The van der Waals surface area contributed by atoms with Gasteiger partial charge < -0.3 is 9.73 Å². The van der Waals surface area contributed by atoms with Gasteiger partial charge in [0.05, 0.1) is 0 Å². The third kappa shape index (κ3) is 6.23. The predicted octanol–water partition coefficient (Wildman–Crippen LogP) is 3.68. The summed E-state index contributed by atoms with van der Waals surface area (Å²) in [5.74, 6) is 1.44. The van der Waals surface area contributed by atoms with E-state index in [1.807, 2.05) is 53.9 Å². The molecule has 3 N–H and O–H groups in total. The highest BCUT2D eigenvalue weighted by Crippen LogP contribution is 2.22. The molecule has 1 aromatic carbocycles. The van der Waals surface area contributed by atoms with Gasteiger partial charge in [0.1, 0.15) is 11.5 Å². The highest BCUT2D eigenvalue weighted by Gasteiger charge is 2.08. The molecule has 0 atom stereocenters. The lowest BCUT2D eigenvalue weighted by atomic mass is 10.2. The first-order valence-electron chi connectivity index (χ1n) is 8.70. The number of amides is 1. The van der Waals surface area contributed by atoms with E-state index in [-0.39, 0.29) is 5.91 Å². The molecule has 0 spiro atoms. The number of hydrogen-bond donors (Lipinski definition) is 3. The molecule has 7 heteroatoms. The van der Waals surface area contributed by atoms with Gasteiger partial charge in [0, 0.05) is 29.8 Å². The second-order valence-corrected chi connectivity index (χ2v) is 7.33. The molecular weight excluding hydrogens is 378 g/mol. The molecule has 1 amide bonds. The molecule has 0 fully saturated rings. The van der Waals surface area contributed by atoms with E-state index in [9.17, 15) is 4.79 Å². The lowest BCUT2D eigenvalue weighted by Crippen LogP contribution is -2.47. The van der Waals surface area contributed by atoms with Gasteiger partial charge in [-0.3, -0.25) is 15.6 Å². The Hall–Kier alpha value is -2.64. The summed E-state index contributed by atoms with van der Waals surface area (Å²) < 4.78 is 5.80. The first kappa shape index (κ1) is 19.1. The maximum atomic E-state index is 12.0. The quantitative estimate of drug-likeness (QED) is 0.418. The van der Waals surface area contributed by atoms with Crippen molar-refractivity contribution in [2.45, 2.75) is 19.3 Å². The maximum absolute atomic E-state index is 12.0. The molecule has 0 unspecified atom stereocenters. The molecule has 0 saturated heterocycles. The molecule has 0 saturated carbocycles. The number of benzene rings is 1. The second-order valence-electron chi connectivity index (χ2n) is 5.89. The van der Waals surface area contributed by atoms with Crippen LogP contribution in [0.5, 0.6) is 0 Å². The van der Waals surface area contributed by atoms with Gasteiger partial charge in [-0.1, -0.05) is 36.4 Å². The minimum absolute atomic E-state index is 0.143. The van der Waals surface area contributed by atoms with E-state index in [0.717, 1.165) is 30.0 Å². The molecule has 2 heterocycles. The maximum Gasteiger partial charge on any atom is 0.238 e. The number of rotatable bonds is 7. The number of carbonyl (C=O) groups excluding carboxylic acids is 1. The Labute approximate surface area is 167 Å². The smallest absolute Gasteiger partial charge is 0.238 e. The van der Waals surface area contributed by atoms with Crippen molar-refractivity contribution in [3.8, 4) is 11.3 Å². The van der Waals surface area contributed by atoms with Crippen molar-refractivity contribution in [1.29, 1.82) is 0 Å². The molecule has 3 aromatic rings. The minimum Gasteiger partial charge on any atom is -0.461 e. The molecule has 0 aliphatic heterocycles. The monoisotopic (exact) mass is 399 g/mol. The standard InChI is InChI=1S/C20H21N3O2S2/c24-19(22-23-20(26)21-13-12-17-7-4-14-27-17)11-9-16-8-10-18(25-16)15-5-2-1-3-6-15/h1-8,10,14H,9,11-13H2,(H,22,24)(H2,21,23,26). The molecule has 0 bridgehead atoms. The van der Waals surface area contributed by atoms with Crippen LogP contribution >= 0.6 is 23.6 Å². The average molecular weight is 400 g/mol. The van der Waals surface area contributed by atoms with Crippen LogP contribution in [0.25, 0.3) is 11.3 Å². The Morgan fingerprint density at radius 1 is 1.00 bits per heavy atom. The van der Waals surface area contributed by atoms with Crippen LogP contribution in [0.1, 0.15) is 17.1 Å². The fourth-order valence-corrected chi connectivity index (χ4v) is 3.36. The molecule has 140 valence electrons. The molecule has 0 aliphatic carbocycles. The Morgan fingerprint density at radius 3 is 2.63 bits per heavy atom. The van der Waals surface area contributed by atoms with E-state index in [4.69, 9.17) is 16.6 Å². The fraction of sp³-hybridized carbons (Fsp3) is 0.200. The topological polar surface area (TPSA) is 66.3 Å². The molecule has 0 radical (unpaired) electrons. The van der Waals surface area contributed by atoms with Crippen molar-refractivity contribution in [2.24, 2.45) is 0 Å². The Bertz CT molecular complexity index is 861. The van der Waals surface area contributed by atoms with Crippen LogP contribution in [0.4, 0.5) is 0 Å². The summed E-state index contributed by atoms with van der Waals surface area (Å²) in [5, 5.41) is 5.52. The molecular formula is C20H21N3O2S2. The van der Waals surface area contributed by atoms with E-state index in [1.165, 1.54) is 4.88 Å². The van der Waals surface area contributed by atoms with Crippen molar-refractivity contribution in [2.75, 3.05) is 6.54 Å². The third-order valence-electron chi connectivity index (χ3n) is 3.87. The van der Waals surface area contributed by atoms with Gasteiger partial charge in [0.2, 0.25) is 5.91 Å². The predicted molar refractivity (Wildman–Crippen MR) is 112 cm³/mol. The van der Waals surface area contributed by atoms with Crippen molar-refractivity contribution < 1.29 is 9.21 Å². The van der Waals surface area contributed by atoms with E-state index in [0.29, 0.717) is 18.0 Å². The van der Waals surface area contributed by atoms with Gasteiger partial charge in [0.25, 0.3) is 0 Å². The van der Waals surface area contributed by atoms with Gasteiger partial charge in [-0.25, -0.2) is 0 Å². The van der Waals surface area contributed by atoms with Crippen molar-refractivity contribution in [3.63, 3.8) is 0 Å². The Morgan fingerprint density at radius 2 is 1.85 bits per heavy atom. The van der Waals surface area contributed by atoms with Crippen LogP contribution in [0.2, 0.25) is 0 Å². The molecule has 0 aliphatic rings. The molecule has 5 nitrogen and oxygen atoms in total. The highest BCUT2D eigenvalue weighted by molar-refractivity contribution is 7.80. The number of hydrazine groups is 1. The van der Waals surface area contributed by atoms with Gasteiger partial charge in [0.15, 0.2) is 5.11 Å². The number of furan rings is 1. The summed E-state index contributed by atoms with van der Waals surface area (Å²) in [6.07, 6.45) is 1.74. The number of nitrogens with one attached hydrogen (secondary N) is 3. The van der Waals surface area contributed by atoms with E-state index in [2.05, 4.69) is 22.2 Å². The van der Waals surface area contributed by atoms with E-state index < -0.39 is 0 Å². The summed E-state index contributed by atoms with van der Waals surface area (Å²) in [4.78, 5) is 13.3. The minimum atomic E-state index is -0.143. The molecule has 27 heavy (non-hydrogen) atoms. The number of carbonyl (C=O) groups is 1. The second kappa shape index (κ2) is 9.89. The van der Waals surface area contributed by atoms with Crippen molar-refractivity contribution >= 4 is 34.6 Å². The molecule has 3 rings (SSSR count). The van der Waals surface area contributed by atoms with Crippen LogP contribution in [0.3, 0.4) is 0 Å². The molecule has 2 aromatic heterocycles. The van der Waals surface area contributed by atoms with Gasteiger partial charge >= 0.3 is 0 Å². The van der Waals surface area contributed by atoms with E-state index in [1.54, 1.807) is 11.3 Å². The Kier molecular flexibility index (Phi) is 7.01. The van der Waals surface area contributed by atoms with E-state index >= 15 is 0 Å². The fourth-order valence-electron chi connectivity index (χ4n) is 2.49. The van der Waals surface area contributed by atoms with Crippen LogP contribution in [-0.4, -0.2) is 17.6 Å². The summed E-state index contributed by atoms with van der Waals surface area (Å²) in [7, 11) is 0.